The van der Waals surface area contributed by atoms with Crippen LogP contribution in [-0.4, -0.2) is 11.4 Å². The van der Waals surface area contributed by atoms with Crippen LogP contribution in [0.25, 0.3) is 0 Å². The number of allylic oxidation sites excluding steroid dienone is 2. The van der Waals surface area contributed by atoms with Crippen LogP contribution in [0, 0.1) is 0 Å². The maximum atomic E-state index is 6.52. The standard InChI is InChI=1S/C36H30N6/c37-33-24-35(42-32-22-18-30(19-23-32)39-27-12-6-2-7-13-27)36(41-28-14-8-3-9-15-28)25-34(33)40-31-20-16-29(17-21-31)38-26-10-4-1-5-11-26/h1-25,38-39,41H,37H2. The molecule has 0 aromatic heterocycles. The van der Waals surface area contributed by atoms with Gasteiger partial charge in [0, 0.05) is 28.4 Å². The predicted octanol–water partition coefficient (Wildman–Crippen LogP) is 8.87. The second-order valence-electron chi connectivity index (χ2n) is 9.72. The third-order valence-corrected chi connectivity index (χ3v) is 6.56. The summed E-state index contributed by atoms with van der Waals surface area (Å²) in [4.78, 5) is 9.77. The van der Waals surface area contributed by atoms with E-state index in [2.05, 4.69) is 16.0 Å². The zero-order valence-electron chi connectivity index (χ0n) is 22.9. The molecule has 0 spiro atoms. The molecule has 0 unspecified atom stereocenters. The van der Waals surface area contributed by atoms with Crippen LogP contribution < -0.4 is 21.7 Å². The van der Waals surface area contributed by atoms with E-state index in [0.717, 1.165) is 51.2 Å². The normalized spacial score (nSPS) is 14.7. The minimum atomic E-state index is 0.543. The number of aliphatic imine (C=N–C) groups is 2. The molecule has 6 rings (SSSR count). The maximum Gasteiger partial charge on any atom is 0.0893 e. The van der Waals surface area contributed by atoms with E-state index < -0.39 is 0 Å². The Balaban J connectivity index is 1.25. The molecular formula is C36H30N6. The average Bonchev–Trinajstić information content (AvgIpc) is 3.03. The number of rotatable bonds is 8. The quantitative estimate of drug-likeness (QED) is 0.146. The lowest BCUT2D eigenvalue weighted by molar-refractivity contribution is 1.38. The van der Waals surface area contributed by atoms with Crippen molar-refractivity contribution in [3.63, 3.8) is 0 Å². The van der Waals surface area contributed by atoms with Crippen LogP contribution in [0.3, 0.4) is 0 Å². The SMILES string of the molecule is NC1=CC(=Nc2ccc(Nc3ccccc3)cc2)C(Nc2ccccc2)=CC1=Nc1ccc(Nc2ccccc2)cc1. The topological polar surface area (TPSA) is 86.8 Å². The average molecular weight is 547 g/mol. The zero-order chi connectivity index (χ0) is 28.6. The van der Waals surface area contributed by atoms with Gasteiger partial charge in [-0.25, -0.2) is 9.98 Å². The second kappa shape index (κ2) is 12.5. The van der Waals surface area contributed by atoms with Gasteiger partial charge in [0.05, 0.1) is 34.2 Å². The van der Waals surface area contributed by atoms with Gasteiger partial charge in [0.2, 0.25) is 0 Å². The first-order valence-corrected chi connectivity index (χ1v) is 13.7. The molecule has 0 aliphatic heterocycles. The molecule has 1 aliphatic rings. The third kappa shape index (κ3) is 6.81. The minimum absolute atomic E-state index is 0.543. The Bertz CT molecular complexity index is 1750. The van der Waals surface area contributed by atoms with E-state index in [1.807, 2.05) is 152 Å². The highest BCUT2D eigenvalue weighted by atomic mass is 14.9. The lowest BCUT2D eigenvalue weighted by Crippen LogP contribution is -2.22. The summed E-state index contributed by atoms with van der Waals surface area (Å²) >= 11 is 0. The highest BCUT2D eigenvalue weighted by Crippen LogP contribution is 2.25. The fourth-order valence-electron chi connectivity index (χ4n) is 4.45. The monoisotopic (exact) mass is 546 g/mol. The van der Waals surface area contributed by atoms with Crippen molar-refractivity contribution in [2.75, 3.05) is 16.0 Å². The first kappa shape index (κ1) is 26.3. The largest absolute Gasteiger partial charge is 0.397 e. The van der Waals surface area contributed by atoms with Crippen LogP contribution in [0.1, 0.15) is 0 Å². The van der Waals surface area contributed by atoms with Crippen LogP contribution in [0.5, 0.6) is 0 Å². The number of hydrogen-bond acceptors (Lipinski definition) is 6. The van der Waals surface area contributed by atoms with Gasteiger partial charge in [-0.3, -0.25) is 0 Å². The van der Waals surface area contributed by atoms with E-state index in [4.69, 9.17) is 15.7 Å². The van der Waals surface area contributed by atoms with Crippen molar-refractivity contribution in [1.82, 2.24) is 0 Å². The molecule has 0 heterocycles. The molecule has 5 aromatic carbocycles. The van der Waals surface area contributed by atoms with Crippen molar-refractivity contribution in [2.24, 2.45) is 15.7 Å². The van der Waals surface area contributed by atoms with Crippen LogP contribution in [0.4, 0.5) is 39.8 Å². The fraction of sp³-hybridized carbons (Fsp3) is 0. The molecule has 5 N–H and O–H groups in total. The van der Waals surface area contributed by atoms with E-state index in [-0.39, 0.29) is 0 Å². The number of anilines is 5. The molecule has 0 atom stereocenters. The van der Waals surface area contributed by atoms with Gasteiger partial charge < -0.3 is 21.7 Å². The van der Waals surface area contributed by atoms with Crippen LogP contribution in [0.2, 0.25) is 0 Å². The summed E-state index contributed by atoms with van der Waals surface area (Å²) in [5.74, 6) is 0. The number of nitrogens with zero attached hydrogens (tertiary/aromatic N) is 2. The number of benzene rings is 5. The highest BCUT2D eigenvalue weighted by Gasteiger charge is 2.16. The van der Waals surface area contributed by atoms with Crippen molar-refractivity contribution in [3.8, 4) is 0 Å². The molecule has 1 aliphatic carbocycles. The van der Waals surface area contributed by atoms with Crippen molar-refractivity contribution in [1.29, 1.82) is 0 Å². The maximum absolute atomic E-state index is 6.52. The molecule has 6 heteroatoms. The summed E-state index contributed by atoms with van der Waals surface area (Å²) < 4.78 is 0. The van der Waals surface area contributed by atoms with Gasteiger partial charge in [-0.15, -0.1) is 0 Å². The Morgan fingerprint density at radius 1 is 0.381 bits per heavy atom. The van der Waals surface area contributed by atoms with Gasteiger partial charge in [-0.1, -0.05) is 54.6 Å². The van der Waals surface area contributed by atoms with E-state index >= 15 is 0 Å². The summed E-state index contributed by atoms with van der Waals surface area (Å²) in [6, 6.07) is 46.1. The number of para-hydroxylation sites is 3. The predicted molar refractivity (Wildman–Crippen MR) is 177 cm³/mol. The van der Waals surface area contributed by atoms with Gasteiger partial charge in [0.15, 0.2) is 0 Å². The summed E-state index contributed by atoms with van der Waals surface area (Å²) in [7, 11) is 0. The number of nitrogens with one attached hydrogen (secondary N) is 3. The molecule has 5 aromatic rings. The molecule has 0 bridgehead atoms. The Labute approximate surface area is 245 Å². The smallest absolute Gasteiger partial charge is 0.0893 e. The lowest BCUT2D eigenvalue weighted by Gasteiger charge is -2.18. The van der Waals surface area contributed by atoms with E-state index in [1.165, 1.54) is 0 Å². The van der Waals surface area contributed by atoms with Crippen molar-refractivity contribution in [3.05, 3.63) is 163 Å². The molecule has 0 saturated heterocycles. The number of nitrogens with two attached hydrogens (primary N) is 1. The summed E-state index contributed by atoms with van der Waals surface area (Å²) in [6.45, 7) is 0. The molecule has 0 fully saturated rings. The van der Waals surface area contributed by atoms with Crippen molar-refractivity contribution in [2.45, 2.75) is 0 Å². The van der Waals surface area contributed by atoms with Crippen LogP contribution in [-0.2, 0) is 0 Å². The highest BCUT2D eigenvalue weighted by molar-refractivity contribution is 6.25. The minimum Gasteiger partial charge on any atom is -0.397 e. The van der Waals surface area contributed by atoms with Crippen molar-refractivity contribution >= 4 is 51.2 Å². The first-order valence-electron chi connectivity index (χ1n) is 13.7. The first-order chi connectivity index (χ1) is 20.7. The van der Waals surface area contributed by atoms with E-state index in [9.17, 15) is 0 Å². The summed E-state index contributed by atoms with van der Waals surface area (Å²) in [6.07, 6.45) is 3.81. The van der Waals surface area contributed by atoms with E-state index in [1.54, 1.807) is 0 Å². The molecule has 0 radical (unpaired) electrons. The van der Waals surface area contributed by atoms with Gasteiger partial charge >= 0.3 is 0 Å². The van der Waals surface area contributed by atoms with Crippen LogP contribution in [0.15, 0.2) is 173 Å². The summed E-state index contributed by atoms with van der Waals surface area (Å²) in [5.41, 5.74) is 15.9. The van der Waals surface area contributed by atoms with Gasteiger partial charge in [-0.2, -0.15) is 0 Å². The van der Waals surface area contributed by atoms with E-state index in [0.29, 0.717) is 11.4 Å². The lowest BCUT2D eigenvalue weighted by atomic mass is 10.0. The molecule has 0 amide bonds. The Morgan fingerprint density at radius 3 is 1.21 bits per heavy atom. The fourth-order valence-corrected chi connectivity index (χ4v) is 4.45. The zero-order valence-corrected chi connectivity index (χ0v) is 22.9. The summed E-state index contributed by atoms with van der Waals surface area (Å²) in [5, 5.41) is 10.3. The van der Waals surface area contributed by atoms with Crippen molar-refractivity contribution < 1.29 is 0 Å². The van der Waals surface area contributed by atoms with Gasteiger partial charge in [0.25, 0.3) is 0 Å². The third-order valence-electron chi connectivity index (χ3n) is 6.56. The van der Waals surface area contributed by atoms with Gasteiger partial charge in [-0.05, 0) is 97.1 Å². The van der Waals surface area contributed by atoms with Gasteiger partial charge in [0.1, 0.15) is 0 Å². The number of hydrogen-bond donors (Lipinski definition) is 4. The second-order valence-corrected chi connectivity index (χ2v) is 9.72. The van der Waals surface area contributed by atoms with Crippen LogP contribution >= 0.6 is 0 Å². The molecule has 6 nitrogen and oxygen atoms in total. The molecule has 204 valence electrons. The Hall–Kier alpha value is -5.88. The molecule has 0 saturated carbocycles. The Morgan fingerprint density at radius 2 is 0.762 bits per heavy atom. The Kier molecular flexibility index (Phi) is 7.86. The molecule has 42 heavy (non-hydrogen) atoms. The molecular weight excluding hydrogens is 516 g/mol.